The van der Waals surface area contributed by atoms with Gasteiger partial charge in [-0.25, -0.2) is 9.78 Å². The Bertz CT molecular complexity index is 347. The van der Waals surface area contributed by atoms with Gasteiger partial charge in [0.1, 0.15) is 6.04 Å². The van der Waals surface area contributed by atoms with E-state index in [0.29, 0.717) is 5.95 Å². The van der Waals surface area contributed by atoms with Crippen LogP contribution in [0.3, 0.4) is 0 Å². The Balaban J connectivity index is 2.79. The molecule has 0 saturated carbocycles. The first kappa shape index (κ1) is 12.5. The van der Waals surface area contributed by atoms with E-state index in [1.54, 1.807) is 6.20 Å². The summed E-state index contributed by atoms with van der Waals surface area (Å²) in [7, 11) is 1.39. The molecule has 0 saturated heterocycles. The minimum atomic E-state index is -0.363. The van der Waals surface area contributed by atoms with Crippen molar-refractivity contribution in [2.75, 3.05) is 12.4 Å². The van der Waals surface area contributed by atoms with Gasteiger partial charge in [0.2, 0.25) is 5.95 Å². The maximum atomic E-state index is 11.6. The molecule has 0 fully saturated rings. The van der Waals surface area contributed by atoms with Crippen molar-refractivity contribution in [2.45, 2.75) is 33.4 Å². The van der Waals surface area contributed by atoms with Crippen LogP contribution in [-0.4, -0.2) is 28.7 Å². The Morgan fingerprint density at radius 3 is 2.81 bits per heavy atom. The topological polar surface area (TPSA) is 56.2 Å². The average molecular weight is 225 g/mol. The van der Waals surface area contributed by atoms with Crippen molar-refractivity contribution < 1.29 is 9.53 Å². The van der Waals surface area contributed by atoms with E-state index in [9.17, 15) is 4.79 Å². The van der Waals surface area contributed by atoms with Crippen LogP contribution in [0.15, 0.2) is 12.4 Å². The summed E-state index contributed by atoms with van der Waals surface area (Å²) in [4.78, 5) is 15.7. The van der Waals surface area contributed by atoms with Crippen LogP contribution in [0.5, 0.6) is 0 Å². The van der Waals surface area contributed by atoms with Crippen molar-refractivity contribution in [3.8, 4) is 0 Å². The highest BCUT2D eigenvalue weighted by atomic mass is 16.5. The molecule has 0 radical (unpaired) electrons. The number of carbonyl (C=O) groups is 1. The lowest BCUT2D eigenvalue weighted by Gasteiger charge is -2.20. The highest BCUT2D eigenvalue weighted by molar-refractivity contribution is 5.78. The van der Waals surface area contributed by atoms with Gasteiger partial charge in [-0.2, -0.15) is 0 Å². The molecule has 5 nitrogen and oxygen atoms in total. The van der Waals surface area contributed by atoms with E-state index in [1.807, 2.05) is 31.5 Å². The van der Waals surface area contributed by atoms with Crippen LogP contribution in [0, 0.1) is 5.92 Å². The molecule has 0 aliphatic carbocycles. The van der Waals surface area contributed by atoms with Gasteiger partial charge in [0.15, 0.2) is 0 Å². The zero-order valence-electron chi connectivity index (χ0n) is 10.2. The van der Waals surface area contributed by atoms with Crippen LogP contribution < -0.4 is 5.32 Å². The molecule has 16 heavy (non-hydrogen) atoms. The van der Waals surface area contributed by atoms with Crippen LogP contribution in [-0.2, 0) is 16.1 Å². The minimum Gasteiger partial charge on any atom is -0.467 e. The molecule has 0 amide bonds. The van der Waals surface area contributed by atoms with Crippen molar-refractivity contribution in [2.24, 2.45) is 5.92 Å². The first-order valence-electron chi connectivity index (χ1n) is 5.45. The monoisotopic (exact) mass is 225 g/mol. The molecule has 1 heterocycles. The molecule has 0 spiro atoms. The third kappa shape index (κ3) is 2.74. The van der Waals surface area contributed by atoms with E-state index < -0.39 is 0 Å². The second-order valence-electron chi connectivity index (χ2n) is 3.93. The van der Waals surface area contributed by atoms with Gasteiger partial charge in [-0.1, -0.05) is 13.8 Å². The standard InChI is InChI=1S/C11H19N3O2/c1-5-14-7-6-12-11(14)13-9(8(2)3)10(15)16-4/h6-9H,5H2,1-4H3,(H,12,13). The second kappa shape index (κ2) is 5.53. The van der Waals surface area contributed by atoms with Crippen LogP contribution >= 0.6 is 0 Å². The molecule has 0 bridgehead atoms. The summed E-state index contributed by atoms with van der Waals surface area (Å²) in [6.07, 6.45) is 3.58. The first-order valence-corrected chi connectivity index (χ1v) is 5.45. The number of aromatic nitrogens is 2. The van der Waals surface area contributed by atoms with E-state index in [1.165, 1.54) is 7.11 Å². The van der Waals surface area contributed by atoms with E-state index in [2.05, 4.69) is 10.3 Å². The number of rotatable bonds is 5. The highest BCUT2D eigenvalue weighted by Gasteiger charge is 2.23. The summed E-state index contributed by atoms with van der Waals surface area (Å²) in [6.45, 7) is 6.77. The van der Waals surface area contributed by atoms with Gasteiger partial charge in [-0.05, 0) is 12.8 Å². The number of hydrogen-bond donors (Lipinski definition) is 1. The predicted octanol–water partition coefficient (Wildman–Crippen LogP) is 1.51. The minimum absolute atomic E-state index is 0.148. The maximum absolute atomic E-state index is 11.6. The number of nitrogens with one attached hydrogen (secondary N) is 1. The van der Waals surface area contributed by atoms with Crippen LogP contribution in [0.1, 0.15) is 20.8 Å². The van der Waals surface area contributed by atoms with Gasteiger partial charge in [-0.3, -0.25) is 0 Å². The highest BCUT2D eigenvalue weighted by Crippen LogP contribution is 2.12. The molecule has 0 aliphatic rings. The summed E-state index contributed by atoms with van der Waals surface area (Å²) in [5, 5.41) is 3.11. The smallest absolute Gasteiger partial charge is 0.328 e. The fourth-order valence-electron chi connectivity index (χ4n) is 1.47. The van der Waals surface area contributed by atoms with Gasteiger partial charge >= 0.3 is 5.97 Å². The fraction of sp³-hybridized carbons (Fsp3) is 0.636. The second-order valence-corrected chi connectivity index (χ2v) is 3.93. The average Bonchev–Trinajstić information content (AvgIpc) is 2.71. The number of nitrogens with zero attached hydrogens (tertiary/aromatic N) is 2. The van der Waals surface area contributed by atoms with Gasteiger partial charge in [-0.15, -0.1) is 0 Å². The van der Waals surface area contributed by atoms with Crippen molar-refractivity contribution in [1.29, 1.82) is 0 Å². The molecule has 0 aliphatic heterocycles. The molecule has 1 N–H and O–H groups in total. The van der Waals surface area contributed by atoms with Crippen LogP contribution in [0.4, 0.5) is 5.95 Å². The van der Waals surface area contributed by atoms with Gasteiger partial charge in [0, 0.05) is 18.9 Å². The third-order valence-corrected chi connectivity index (χ3v) is 2.46. The SMILES string of the molecule is CCn1ccnc1NC(C(=O)OC)C(C)C. The summed E-state index contributed by atoms with van der Waals surface area (Å²) < 4.78 is 6.70. The zero-order valence-corrected chi connectivity index (χ0v) is 10.2. The van der Waals surface area contributed by atoms with E-state index >= 15 is 0 Å². The van der Waals surface area contributed by atoms with Crippen LogP contribution in [0.25, 0.3) is 0 Å². The third-order valence-electron chi connectivity index (χ3n) is 2.46. The normalized spacial score (nSPS) is 12.6. The van der Waals surface area contributed by atoms with E-state index in [-0.39, 0.29) is 17.9 Å². The Hall–Kier alpha value is -1.52. The van der Waals surface area contributed by atoms with E-state index in [4.69, 9.17) is 4.74 Å². The number of carbonyl (C=O) groups excluding carboxylic acids is 1. The lowest BCUT2D eigenvalue weighted by Crippen LogP contribution is -2.36. The maximum Gasteiger partial charge on any atom is 0.328 e. The molecule has 5 heteroatoms. The fourth-order valence-corrected chi connectivity index (χ4v) is 1.47. The number of ether oxygens (including phenoxy) is 1. The molecule has 1 aromatic rings. The summed E-state index contributed by atoms with van der Waals surface area (Å²) in [5.41, 5.74) is 0. The van der Waals surface area contributed by atoms with Gasteiger partial charge in [0.05, 0.1) is 7.11 Å². The molecular weight excluding hydrogens is 206 g/mol. The molecular formula is C11H19N3O2. The Morgan fingerprint density at radius 2 is 2.31 bits per heavy atom. The quantitative estimate of drug-likeness (QED) is 0.772. The number of imidazole rings is 1. The Morgan fingerprint density at radius 1 is 1.62 bits per heavy atom. The largest absolute Gasteiger partial charge is 0.467 e. The number of methoxy groups -OCH3 is 1. The van der Waals surface area contributed by atoms with Crippen molar-refractivity contribution >= 4 is 11.9 Å². The Kier molecular flexibility index (Phi) is 4.34. The lowest BCUT2D eigenvalue weighted by atomic mass is 10.1. The molecule has 1 rings (SSSR count). The van der Waals surface area contributed by atoms with Crippen molar-refractivity contribution in [1.82, 2.24) is 9.55 Å². The molecule has 90 valence electrons. The van der Waals surface area contributed by atoms with E-state index in [0.717, 1.165) is 6.54 Å². The molecule has 0 aromatic carbocycles. The van der Waals surface area contributed by atoms with Crippen molar-refractivity contribution in [3.05, 3.63) is 12.4 Å². The number of aryl methyl sites for hydroxylation is 1. The Labute approximate surface area is 95.8 Å². The first-order chi connectivity index (χ1) is 7.60. The number of esters is 1. The molecule has 1 atom stereocenters. The number of hydrogen-bond acceptors (Lipinski definition) is 4. The molecule has 1 aromatic heterocycles. The summed E-state index contributed by atoms with van der Waals surface area (Å²) >= 11 is 0. The molecule has 1 unspecified atom stereocenters. The van der Waals surface area contributed by atoms with Crippen molar-refractivity contribution in [3.63, 3.8) is 0 Å². The lowest BCUT2D eigenvalue weighted by molar-refractivity contribution is -0.142. The predicted molar refractivity (Wildman–Crippen MR) is 62.2 cm³/mol. The zero-order chi connectivity index (χ0) is 12.1. The van der Waals surface area contributed by atoms with Gasteiger partial charge in [0.25, 0.3) is 0 Å². The summed E-state index contributed by atoms with van der Waals surface area (Å²) in [5.74, 6) is 0.585. The number of anilines is 1. The van der Waals surface area contributed by atoms with Gasteiger partial charge < -0.3 is 14.6 Å². The summed E-state index contributed by atoms with van der Waals surface area (Å²) in [6, 6.07) is -0.363. The van der Waals surface area contributed by atoms with Crippen LogP contribution in [0.2, 0.25) is 0 Å².